The zero-order chi connectivity index (χ0) is 32.1. The molecule has 3 atom stereocenters. The first-order valence-corrected chi connectivity index (χ1v) is 16.2. The molecule has 3 unspecified atom stereocenters. The standard InChI is InChI=1S/C35H32F3N5O4/c1-2-22-24(37)8-7-19-12-21(44)13-23(26(19)22)29-28(38)30-27-31(41-33(40-30)46-16-34-9-5-10-42(34)15-20(36)14-34)43-11-4-3-6-25(43)35(17-45-18-35)47-32(27)39-29/h1,7-8,12-13,20,25,44H,3-6,9-11,14-18H2. The van der Waals surface area contributed by atoms with E-state index in [0.29, 0.717) is 49.3 Å². The first-order valence-electron chi connectivity index (χ1n) is 16.2. The van der Waals surface area contributed by atoms with Crippen molar-refractivity contribution >= 4 is 27.5 Å². The van der Waals surface area contributed by atoms with Gasteiger partial charge in [-0.05, 0) is 62.2 Å². The fourth-order valence-electron chi connectivity index (χ4n) is 8.58. The van der Waals surface area contributed by atoms with Crippen molar-refractivity contribution in [2.75, 3.05) is 44.4 Å². The van der Waals surface area contributed by atoms with E-state index >= 15 is 8.78 Å². The number of halogens is 3. The lowest BCUT2D eigenvalue weighted by Crippen LogP contribution is -2.67. The van der Waals surface area contributed by atoms with E-state index in [1.165, 1.54) is 24.3 Å². The molecule has 4 fully saturated rings. The minimum atomic E-state index is -0.934. The number of phenols is 1. The number of aromatic hydroxyl groups is 1. The van der Waals surface area contributed by atoms with Gasteiger partial charge in [0.25, 0.3) is 0 Å². The summed E-state index contributed by atoms with van der Waals surface area (Å²) in [6.07, 6.45) is 9.61. The number of fused-ring (bicyclic) bond motifs is 5. The molecule has 0 aliphatic carbocycles. The number of hydrogen-bond acceptors (Lipinski definition) is 9. The van der Waals surface area contributed by atoms with E-state index in [2.05, 4.69) is 20.7 Å². The number of alkyl halides is 1. The van der Waals surface area contributed by atoms with Gasteiger partial charge in [-0.1, -0.05) is 12.0 Å². The fourth-order valence-corrected chi connectivity index (χ4v) is 8.58. The Bertz CT molecular complexity index is 2020. The number of phenolic OH excluding ortho intramolecular Hbond substituents is 1. The number of pyridine rings is 1. The summed E-state index contributed by atoms with van der Waals surface area (Å²) in [7, 11) is 0. The molecular weight excluding hydrogens is 611 g/mol. The Morgan fingerprint density at radius 3 is 2.77 bits per heavy atom. The normalized spacial score (nSPS) is 26.0. The summed E-state index contributed by atoms with van der Waals surface area (Å²) in [6, 6.07) is 5.29. The highest BCUT2D eigenvalue weighted by Gasteiger charge is 2.55. The molecule has 12 heteroatoms. The monoisotopic (exact) mass is 643 g/mol. The second-order valence-corrected chi connectivity index (χ2v) is 13.5. The summed E-state index contributed by atoms with van der Waals surface area (Å²) < 4.78 is 65.4. The molecule has 1 spiro atoms. The Morgan fingerprint density at radius 2 is 1.96 bits per heavy atom. The Morgan fingerprint density at radius 1 is 1.09 bits per heavy atom. The average Bonchev–Trinajstić information content (AvgIpc) is 3.53. The topological polar surface area (TPSA) is 93.1 Å². The molecule has 7 heterocycles. The first kappa shape index (κ1) is 28.8. The number of ether oxygens (including phenoxy) is 3. The number of benzene rings is 2. The predicted octanol–water partition coefficient (Wildman–Crippen LogP) is 5.29. The first-order chi connectivity index (χ1) is 22.8. The molecule has 2 aromatic carbocycles. The van der Waals surface area contributed by atoms with Gasteiger partial charge in [0.1, 0.15) is 46.8 Å². The average molecular weight is 644 g/mol. The largest absolute Gasteiger partial charge is 0.508 e. The lowest BCUT2D eigenvalue weighted by Gasteiger charge is -2.50. The van der Waals surface area contributed by atoms with Crippen molar-refractivity contribution in [3.05, 3.63) is 41.5 Å². The quantitative estimate of drug-likeness (QED) is 0.298. The number of piperidine rings is 1. The Kier molecular flexibility index (Phi) is 6.34. The molecular formula is C35H32F3N5O4. The highest BCUT2D eigenvalue weighted by Crippen LogP contribution is 2.49. The van der Waals surface area contributed by atoms with Crippen molar-refractivity contribution in [1.29, 1.82) is 0 Å². The second-order valence-electron chi connectivity index (χ2n) is 13.5. The van der Waals surface area contributed by atoms with Crippen LogP contribution in [0.15, 0.2) is 24.3 Å². The third-order valence-electron chi connectivity index (χ3n) is 10.8. The Balaban J connectivity index is 1.27. The van der Waals surface area contributed by atoms with Crippen LogP contribution in [0.5, 0.6) is 17.6 Å². The number of hydrogen-bond donors (Lipinski definition) is 1. The van der Waals surface area contributed by atoms with Crippen LogP contribution in [0.1, 0.15) is 44.1 Å². The lowest BCUT2D eigenvalue weighted by atomic mass is 9.84. The minimum absolute atomic E-state index is 0.0284. The van der Waals surface area contributed by atoms with Gasteiger partial charge in [0.05, 0.1) is 30.4 Å². The van der Waals surface area contributed by atoms with Crippen LogP contribution >= 0.6 is 0 Å². The van der Waals surface area contributed by atoms with E-state index in [1.54, 1.807) is 0 Å². The Labute approximate surface area is 268 Å². The van der Waals surface area contributed by atoms with E-state index in [-0.39, 0.29) is 58.0 Å². The number of nitrogens with zero attached hydrogens (tertiary/aromatic N) is 5. The molecule has 0 bridgehead atoms. The summed E-state index contributed by atoms with van der Waals surface area (Å²) in [5, 5.41) is 11.6. The van der Waals surface area contributed by atoms with Crippen molar-refractivity contribution in [3.8, 4) is 41.2 Å². The van der Waals surface area contributed by atoms with Crippen LogP contribution in [0, 0.1) is 24.0 Å². The summed E-state index contributed by atoms with van der Waals surface area (Å²) >= 11 is 0. The van der Waals surface area contributed by atoms with Crippen LogP contribution in [0.4, 0.5) is 19.0 Å². The Hall–Kier alpha value is -4.34. The fraction of sp³-hybridized carbons (Fsp3) is 0.457. The van der Waals surface area contributed by atoms with Crippen LogP contribution in [0.25, 0.3) is 32.9 Å². The summed E-state index contributed by atoms with van der Waals surface area (Å²) in [5.74, 6) is 1.30. The van der Waals surface area contributed by atoms with Gasteiger partial charge in [0.15, 0.2) is 11.4 Å². The molecule has 0 amide bonds. The van der Waals surface area contributed by atoms with Gasteiger partial charge in [-0.25, -0.2) is 18.2 Å². The van der Waals surface area contributed by atoms with Crippen molar-refractivity contribution in [1.82, 2.24) is 19.9 Å². The second kappa shape index (κ2) is 10.3. The molecule has 1 N–H and O–H groups in total. The molecule has 0 saturated carbocycles. The zero-order valence-electron chi connectivity index (χ0n) is 25.6. The molecule has 9 nitrogen and oxygen atoms in total. The summed E-state index contributed by atoms with van der Waals surface area (Å²) in [5.41, 5.74) is -1.50. The minimum Gasteiger partial charge on any atom is -0.508 e. The van der Waals surface area contributed by atoms with E-state index in [4.69, 9.17) is 30.6 Å². The summed E-state index contributed by atoms with van der Waals surface area (Å²) in [4.78, 5) is 18.5. The molecule has 4 aromatic rings. The molecule has 5 aliphatic heterocycles. The van der Waals surface area contributed by atoms with Crippen LogP contribution in [0.3, 0.4) is 0 Å². The van der Waals surface area contributed by atoms with Crippen LogP contribution in [-0.2, 0) is 4.74 Å². The maximum Gasteiger partial charge on any atom is 0.319 e. The van der Waals surface area contributed by atoms with Gasteiger partial charge in [-0.15, -0.1) is 6.42 Å². The van der Waals surface area contributed by atoms with Crippen molar-refractivity contribution < 1.29 is 32.5 Å². The third-order valence-corrected chi connectivity index (χ3v) is 10.8. The van der Waals surface area contributed by atoms with Gasteiger partial charge in [-0.2, -0.15) is 9.97 Å². The van der Waals surface area contributed by atoms with Crippen molar-refractivity contribution in [2.45, 2.75) is 61.9 Å². The lowest BCUT2D eigenvalue weighted by molar-refractivity contribution is -0.176. The SMILES string of the molecule is C#Cc1c(F)ccc2cc(O)cc(-c3nc4c5c(nc(OCC67CCCN6CC(F)C7)nc5c3F)N3CCCCC3C3(COC3)O4)c12. The molecule has 9 rings (SSSR count). The maximum absolute atomic E-state index is 17.1. The molecule has 5 aliphatic rings. The number of rotatable bonds is 4. The summed E-state index contributed by atoms with van der Waals surface area (Å²) in [6.45, 7) is 2.64. The number of aromatic nitrogens is 3. The highest BCUT2D eigenvalue weighted by molar-refractivity contribution is 6.04. The smallest absolute Gasteiger partial charge is 0.319 e. The number of terminal acetylenes is 1. The molecule has 242 valence electrons. The highest BCUT2D eigenvalue weighted by atomic mass is 19.1. The van der Waals surface area contributed by atoms with Crippen LogP contribution in [0.2, 0.25) is 0 Å². The van der Waals surface area contributed by atoms with Gasteiger partial charge in [0.2, 0.25) is 5.88 Å². The van der Waals surface area contributed by atoms with Crippen molar-refractivity contribution in [2.24, 2.45) is 0 Å². The maximum atomic E-state index is 17.1. The van der Waals surface area contributed by atoms with Crippen LogP contribution < -0.4 is 14.4 Å². The van der Waals surface area contributed by atoms with Gasteiger partial charge in [0, 0.05) is 30.5 Å². The predicted molar refractivity (Wildman–Crippen MR) is 167 cm³/mol. The molecule has 4 saturated heterocycles. The van der Waals surface area contributed by atoms with Crippen LogP contribution in [-0.4, -0.2) is 87.8 Å². The van der Waals surface area contributed by atoms with E-state index in [9.17, 15) is 9.50 Å². The van der Waals surface area contributed by atoms with Gasteiger partial charge in [-0.3, -0.25) is 4.90 Å². The van der Waals surface area contributed by atoms with E-state index in [1.807, 2.05) is 0 Å². The zero-order valence-corrected chi connectivity index (χ0v) is 25.6. The van der Waals surface area contributed by atoms with Gasteiger partial charge >= 0.3 is 6.01 Å². The van der Waals surface area contributed by atoms with Gasteiger partial charge < -0.3 is 24.2 Å². The molecule has 47 heavy (non-hydrogen) atoms. The third kappa shape index (κ3) is 4.22. The molecule has 2 aromatic heterocycles. The van der Waals surface area contributed by atoms with E-state index < -0.39 is 28.9 Å². The van der Waals surface area contributed by atoms with E-state index in [0.717, 1.165) is 38.6 Å². The van der Waals surface area contributed by atoms with Crippen molar-refractivity contribution in [3.63, 3.8) is 0 Å². The molecule has 0 radical (unpaired) electrons. The number of anilines is 1.